The average Bonchev–Trinajstić information content (AvgIpc) is 2.16. The zero-order valence-electron chi connectivity index (χ0n) is 8.50. The van der Waals surface area contributed by atoms with Gasteiger partial charge in [-0.05, 0) is 30.5 Å². The molecule has 0 saturated heterocycles. The maximum Gasteiger partial charge on any atom is 0.255 e. The van der Waals surface area contributed by atoms with Gasteiger partial charge in [0.05, 0.1) is 5.56 Å². The van der Waals surface area contributed by atoms with Crippen LogP contribution < -0.4 is 5.73 Å². The van der Waals surface area contributed by atoms with Crippen LogP contribution in [0.4, 0.5) is 5.69 Å². The van der Waals surface area contributed by atoms with Crippen LogP contribution in [0.5, 0.6) is 0 Å². The normalized spacial score (nSPS) is 15.6. The van der Waals surface area contributed by atoms with Crippen LogP contribution in [-0.4, -0.2) is 24.4 Å². The van der Waals surface area contributed by atoms with Crippen molar-refractivity contribution in [1.82, 2.24) is 4.90 Å². The summed E-state index contributed by atoms with van der Waals surface area (Å²) in [6, 6.07) is 3.79. The summed E-state index contributed by atoms with van der Waals surface area (Å²) in [7, 11) is 1.81. The summed E-state index contributed by atoms with van der Waals surface area (Å²) in [5, 5.41) is 0. The summed E-state index contributed by atoms with van der Waals surface area (Å²) in [6.45, 7) is 2.81. The lowest BCUT2D eigenvalue weighted by Crippen LogP contribution is -2.35. The van der Waals surface area contributed by atoms with Crippen LogP contribution in [0.15, 0.2) is 12.1 Å². The fraction of sp³-hybridized carbons (Fsp3) is 0.364. The summed E-state index contributed by atoms with van der Waals surface area (Å²) < 4.78 is 0. The highest BCUT2D eigenvalue weighted by atomic mass is 16.2. The SMILES string of the molecule is Cc1ccc(N)c2c1CCN(C)C2=O. The molecule has 1 amide bonds. The first kappa shape index (κ1) is 9.06. The van der Waals surface area contributed by atoms with E-state index in [-0.39, 0.29) is 5.91 Å². The number of hydrogen-bond donors (Lipinski definition) is 1. The van der Waals surface area contributed by atoms with E-state index in [0.717, 1.165) is 24.1 Å². The molecule has 0 unspecified atom stereocenters. The van der Waals surface area contributed by atoms with E-state index in [1.165, 1.54) is 0 Å². The predicted octanol–water partition coefficient (Wildman–Crippen LogP) is 1.21. The summed E-state index contributed by atoms with van der Waals surface area (Å²) >= 11 is 0. The Morgan fingerprint density at radius 3 is 2.86 bits per heavy atom. The Morgan fingerprint density at radius 2 is 2.14 bits per heavy atom. The van der Waals surface area contributed by atoms with E-state index < -0.39 is 0 Å². The third-order valence-electron chi connectivity index (χ3n) is 2.84. The number of hydrogen-bond acceptors (Lipinski definition) is 2. The Morgan fingerprint density at radius 1 is 1.43 bits per heavy atom. The first-order valence-electron chi connectivity index (χ1n) is 4.74. The van der Waals surface area contributed by atoms with Crippen LogP contribution in [0, 0.1) is 6.92 Å². The van der Waals surface area contributed by atoms with Crippen molar-refractivity contribution in [2.75, 3.05) is 19.3 Å². The quantitative estimate of drug-likeness (QED) is 0.625. The molecule has 14 heavy (non-hydrogen) atoms. The maximum atomic E-state index is 11.8. The van der Waals surface area contributed by atoms with Gasteiger partial charge in [-0.15, -0.1) is 0 Å². The third kappa shape index (κ3) is 1.16. The molecule has 0 saturated carbocycles. The van der Waals surface area contributed by atoms with Gasteiger partial charge < -0.3 is 10.6 Å². The van der Waals surface area contributed by atoms with E-state index in [1.54, 1.807) is 4.90 Å². The molecule has 0 spiro atoms. The van der Waals surface area contributed by atoms with Crippen molar-refractivity contribution in [2.45, 2.75) is 13.3 Å². The molecule has 3 heteroatoms. The molecule has 74 valence electrons. The lowest BCUT2D eigenvalue weighted by Gasteiger charge is -2.26. The number of carbonyl (C=O) groups excluding carboxylic acids is 1. The maximum absolute atomic E-state index is 11.8. The van der Waals surface area contributed by atoms with Crippen LogP contribution >= 0.6 is 0 Å². The average molecular weight is 190 g/mol. The molecule has 0 atom stereocenters. The van der Waals surface area contributed by atoms with E-state index >= 15 is 0 Å². The van der Waals surface area contributed by atoms with Crippen molar-refractivity contribution >= 4 is 11.6 Å². The summed E-state index contributed by atoms with van der Waals surface area (Å²) in [4.78, 5) is 13.6. The number of fused-ring (bicyclic) bond motifs is 1. The largest absolute Gasteiger partial charge is 0.398 e. The second-order valence-corrected chi connectivity index (χ2v) is 3.80. The van der Waals surface area contributed by atoms with Crippen LogP contribution in [0.1, 0.15) is 21.5 Å². The summed E-state index contributed by atoms with van der Waals surface area (Å²) in [5.74, 6) is 0.0486. The Labute approximate surface area is 83.5 Å². The van der Waals surface area contributed by atoms with E-state index in [9.17, 15) is 4.79 Å². The number of nitrogen functional groups attached to an aromatic ring is 1. The van der Waals surface area contributed by atoms with E-state index in [4.69, 9.17) is 5.73 Å². The minimum atomic E-state index is 0.0486. The minimum Gasteiger partial charge on any atom is -0.398 e. The molecular formula is C11H14N2O. The smallest absolute Gasteiger partial charge is 0.255 e. The number of likely N-dealkylation sites (N-methyl/N-ethyl adjacent to an activating group) is 1. The number of amides is 1. The van der Waals surface area contributed by atoms with Crippen molar-refractivity contribution in [3.63, 3.8) is 0 Å². The number of nitrogens with two attached hydrogens (primary N) is 1. The molecule has 0 fully saturated rings. The van der Waals surface area contributed by atoms with Crippen LogP contribution in [0.3, 0.4) is 0 Å². The molecular weight excluding hydrogens is 176 g/mol. The molecule has 1 aliphatic rings. The summed E-state index contributed by atoms with van der Waals surface area (Å²) in [6.07, 6.45) is 0.911. The molecule has 0 aliphatic carbocycles. The number of nitrogens with zero attached hydrogens (tertiary/aromatic N) is 1. The van der Waals surface area contributed by atoms with Gasteiger partial charge in [-0.3, -0.25) is 4.79 Å². The second kappa shape index (κ2) is 3.01. The zero-order chi connectivity index (χ0) is 10.3. The van der Waals surface area contributed by atoms with Crippen molar-refractivity contribution in [3.8, 4) is 0 Å². The first-order valence-corrected chi connectivity index (χ1v) is 4.74. The van der Waals surface area contributed by atoms with E-state index in [2.05, 4.69) is 0 Å². The Hall–Kier alpha value is -1.51. The van der Waals surface area contributed by atoms with Gasteiger partial charge in [-0.25, -0.2) is 0 Å². The van der Waals surface area contributed by atoms with Crippen LogP contribution in [-0.2, 0) is 6.42 Å². The summed E-state index contributed by atoms with van der Waals surface area (Å²) in [5.41, 5.74) is 9.40. The Balaban J connectivity index is 2.64. The topological polar surface area (TPSA) is 46.3 Å². The Kier molecular flexibility index (Phi) is 1.95. The standard InChI is InChI=1S/C11H14N2O/c1-7-3-4-9(12)10-8(7)5-6-13(2)11(10)14/h3-4H,5-6,12H2,1-2H3. The molecule has 1 heterocycles. The molecule has 0 bridgehead atoms. The van der Waals surface area contributed by atoms with Crippen LogP contribution in [0.2, 0.25) is 0 Å². The highest BCUT2D eigenvalue weighted by Crippen LogP contribution is 2.26. The van der Waals surface area contributed by atoms with E-state index in [1.807, 2.05) is 26.1 Å². The van der Waals surface area contributed by atoms with Crippen LogP contribution in [0.25, 0.3) is 0 Å². The van der Waals surface area contributed by atoms with Gasteiger partial charge in [0.1, 0.15) is 0 Å². The first-order chi connectivity index (χ1) is 6.61. The van der Waals surface area contributed by atoms with Gasteiger partial charge in [0, 0.05) is 19.3 Å². The molecule has 0 radical (unpaired) electrons. The lowest BCUT2D eigenvalue weighted by atomic mass is 9.93. The predicted molar refractivity (Wildman–Crippen MR) is 56.3 cm³/mol. The second-order valence-electron chi connectivity index (χ2n) is 3.80. The highest BCUT2D eigenvalue weighted by molar-refractivity contribution is 6.01. The minimum absolute atomic E-state index is 0.0486. The van der Waals surface area contributed by atoms with Gasteiger partial charge in [0.15, 0.2) is 0 Å². The third-order valence-corrected chi connectivity index (χ3v) is 2.84. The van der Waals surface area contributed by atoms with Gasteiger partial charge in [-0.1, -0.05) is 6.07 Å². The molecule has 3 nitrogen and oxygen atoms in total. The number of rotatable bonds is 0. The van der Waals surface area contributed by atoms with Gasteiger partial charge in [0.25, 0.3) is 5.91 Å². The monoisotopic (exact) mass is 190 g/mol. The highest BCUT2D eigenvalue weighted by Gasteiger charge is 2.24. The molecule has 1 aliphatic heterocycles. The van der Waals surface area contributed by atoms with Gasteiger partial charge >= 0.3 is 0 Å². The fourth-order valence-corrected chi connectivity index (χ4v) is 1.92. The molecule has 1 aromatic carbocycles. The van der Waals surface area contributed by atoms with Gasteiger partial charge in [0.2, 0.25) is 0 Å². The van der Waals surface area contributed by atoms with Crippen molar-refractivity contribution in [1.29, 1.82) is 0 Å². The van der Waals surface area contributed by atoms with Crippen molar-refractivity contribution in [2.24, 2.45) is 0 Å². The fourth-order valence-electron chi connectivity index (χ4n) is 1.92. The van der Waals surface area contributed by atoms with Gasteiger partial charge in [-0.2, -0.15) is 0 Å². The number of carbonyl (C=O) groups is 1. The lowest BCUT2D eigenvalue weighted by molar-refractivity contribution is 0.0782. The number of benzene rings is 1. The number of aryl methyl sites for hydroxylation is 1. The number of anilines is 1. The molecule has 1 aromatic rings. The zero-order valence-corrected chi connectivity index (χ0v) is 8.50. The molecule has 2 N–H and O–H groups in total. The van der Waals surface area contributed by atoms with Crippen molar-refractivity contribution in [3.05, 3.63) is 28.8 Å². The van der Waals surface area contributed by atoms with Crippen molar-refractivity contribution < 1.29 is 4.79 Å². The Bertz CT molecular complexity index is 399. The van der Waals surface area contributed by atoms with E-state index in [0.29, 0.717) is 11.3 Å². The molecule has 0 aromatic heterocycles. The molecule has 2 rings (SSSR count).